The number of hydrogen-bond donors (Lipinski definition) is 2. The summed E-state index contributed by atoms with van der Waals surface area (Å²) in [7, 11) is 1.78. The molecule has 0 atom stereocenters. The fourth-order valence-electron chi connectivity index (χ4n) is 2.16. The number of benzene rings is 1. The van der Waals surface area contributed by atoms with Gasteiger partial charge in [0.05, 0.1) is 0 Å². The van der Waals surface area contributed by atoms with Crippen LogP contribution in [0, 0.1) is 6.92 Å². The van der Waals surface area contributed by atoms with E-state index in [4.69, 9.17) is 4.52 Å². The molecule has 2 rings (SSSR count). The molecule has 0 fully saturated rings. The lowest BCUT2D eigenvalue weighted by atomic mass is 10.1. The molecule has 1 aromatic carbocycles. The van der Waals surface area contributed by atoms with Gasteiger partial charge in [-0.15, -0.1) is 0 Å². The zero-order valence-corrected chi connectivity index (χ0v) is 15.0. The molecule has 6 heteroatoms. The zero-order chi connectivity index (χ0) is 17.4. The number of rotatable bonds is 7. The van der Waals surface area contributed by atoms with Crippen LogP contribution in [-0.4, -0.2) is 29.7 Å². The van der Waals surface area contributed by atoms with Gasteiger partial charge in [-0.2, -0.15) is 4.98 Å². The van der Waals surface area contributed by atoms with E-state index < -0.39 is 0 Å². The maximum absolute atomic E-state index is 5.24. The summed E-state index contributed by atoms with van der Waals surface area (Å²) in [5.74, 6) is 2.56. The first-order valence-electron chi connectivity index (χ1n) is 8.41. The van der Waals surface area contributed by atoms with Crippen molar-refractivity contribution in [2.24, 2.45) is 4.99 Å². The van der Waals surface area contributed by atoms with Crippen molar-refractivity contribution in [3.63, 3.8) is 0 Å². The van der Waals surface area contributed by atoms with Gasteiger partial charge in [-0.05, 0) is 18.9 Å². The lowest BCUT2D eigenvalue weighted by Gasteiger charge is -2.11. The Hall–Kier alpha value is -2.37. The third-order valence-corrected chi connectivity index (χ3v) is 3.66. The van der Waals surface area contributed by atoms with Gasteiger partial charge in [-0.1, -0.05) is 48.8 Å². The summed E-state index contributed by atoms with van der Waals surface area (Å²) in [6.45, 7) is 7.75. The van der Waals surface area contributed by atoms with Gasteiger partial charge in [-0.3, -0.25) is 4.99 Å². The van der Waals surface area contributed by atoms with E-state index in [9.17, 15) is 0 Å². The molecule has 2 N–H and O–H groups in total. The SMILES string of the molecule is CN=C(NCCCc1nc(C(C)C)no1)NCc1ccc(C)cc1. The Bertz CT molecular complexity index is 646. The lowest BCUT2D eigenvalue weighted by Crippen LogP contribution is -2.37. The maximum Gasteiger partial charge on any atom is 0.226 e. The van der Waals surface area contributed by atoms with Crippen LogP contribution in [-0.2, 0) is 13.0 Å². The van der Waals surface area contributed by atoms with Crippen LogP contribution in [0.2, 0.25) is 0 Å². The van der Waals surface area contributed by atoms with Crippen LogP contribution in [0.1, 0.15) is 49.0 Å². The molecule has 0 bridgehead atoms. The number of hydrogen-bond acceptors (Lipinski definition) is 4. The van der Waals surface area contributed by atoms with Gasteiger partial charge < -0.3 is 15.2 Å². The second-order valence-corrected chi connectivity index (χ2v) is 6.14. The van der Waals surface area contributed by atoms with Crippen LogP contribution < -0.4 is 10.6 Å². The number of aliphatic imine (C=N–C) groups is 1. The maximum atomic E-state index is 5.24. The van der Waals surface area contributed by atoms with Crippen LogP contribution in [0.25, 0.3) is 0 Å². The smallest absolute Gasteiger partial charge is 0.226 e. The van der Waals surface area contributed by atoms with E-state index in [1.165, 1.54) is 11.1 Å². The van der Waals surface area contributed by atoms with E-state index in [0.29, 0.717) is 11.8 Å². The molecule has 0 aliphatic carbocycles. The Kier molecular flexibility index (Phi) is 6.78. The fourth-order valence-corrected chi connectivity index (χ4v) is 2.16. The van der Waals surface area contributed by atoms with Gasteiger partial charge in [0, 0.05) is 32.5 Å². The Morgan fingerprint density at radius 1 is 1.21 bits per heavy atom. The van der Waals surface area contributed by atoms with Gasteiger partial charge >= 0.3 is 0 Å². The molecule has 0 saturated heterocycles. The first-order chi connectivity index (χ1) is 11.6. The molecule has 0 saturated carbocycles. The second-order valence-electron chi connectivity index (χ2n) is 6.14. The average molecular weight is 329 g/mol. The highest BCUT2D eigenvalue weighted by atomic mass is 16.5. The van der Waals surface area contributed by atoms with Crippen LogP contribution in [0.5, 0.6) is 0 Å². The Morgan fingerprint density at radius 3 is 2.58 bits per heavy atom. The van der Waals surface area contributed by atoms with Crippen molar-refractivity contribution in [3.8, 4) is 0 Å². The van der Waals surface area contributed by atoms with Crippen LogP contribution in [0.3, 0.4) is 0 Å². The summed E-state index contributed by atoms with van der Waals surface area (Å²) in [5, 5.41) is 10.6. The predicted molar refractivity (Wildman–Crippen MR) is 96.1 cm³/mol. The minimum Gasteiger partial charge on any atom is -0.356 e. The number of aromatic nitrogens is 2. The van der Waals surface area contributed by atoms with Crippen molar-refractivity contribution in [1.29, 1.82) is 0 Å². The molecule has 1 heterocycles. The van der Waals surface area contributed by atoms with Gasteiger partial charge in [0.2, 0.25) is 5.89 Å². The molecular weight excluding hydrogens is 302 g/mol. The van der Waals surface area contributed by atoms with Crippen molar-refractivity contribution in [2.45, 2.75) is 46.1 Å². The van der Waals surface area contributed by atoms with Crippen LogP contribution in [0.4, 0.5) is 0 Å². The van der Waals surface area contributed by atoms with E-state index in [1.54, 1.807) is 7.05 Å². The highest BCUT2D eigenvalue weighted by Crippen LogP contribution is 2.10. The molecule has 0 amide bonds. The Labute approximate surface area is 143 Å². The molecule has 0 radical (unpaired) electrons. The molecule has 2 aromatic rings. The Morgan fingerprint density at radius 2 is 1.96 bits per heavy atom. The van der Waals surface area contributed by atoms with Crippen molar-refractivity contribution in [1.82, 2.24) is 20.8 Å². The second kappa shape index (κ2) is 9.05. The van der Waals surface area contributed by atoms with Crippen LogP contribution >= 0.6 is 0 Å². The number of nitrogens with zero attached hydrogens (tertiary/aromatic N) is 3. The third kappa shape index (κ3) is 5.68. The first-order valence-corrected chi connectivity index (χ1v) is 8.41. The summed E-state index contributed by atoms with van der Waals surface area (Å²) < 4.78 is 5.24. The lowest BCUT2D eigenvalue weighted by molar-refractivity contribution is 0.368. The molecule has 130 valence electrons. The zero-order valence-electron chi connectivity index (χ0n) is 15.0. The van der Waals surface area contributed by atoms with Gasteiger partial charge in [0.25, 0.3) is 0 Å². The van der Waals surface area contributed by atoms with Gasteiger partial charge in [-0.25, -0.2) is 0 Å². The van der Waals surface area contributed by atoms with Gasteiger partial charge in [0.1, 0.15) is 0 Å². The molecule has 0 aliphatic heterocycles. The van der Waals surface area contributed by atoms with Crippen molar-refractivity contribution in [3.05, 3.63) is 47.1 Å². The summed E-state index contributed by atoms with van der Waals surface area (Å²) in [4.78, 5) is 8.61. The van der Waals surface area contributed by atoms with Crippen molar-refractivity contribution in [2.75, 3.05) is 13.6 Å². The fraction of sp³-hybridized carbons (Fsp3) is 0.500. The largest absolute Gasteiger partial charge is 0.356 e. The van der Waals surface area contributed by atoms with Crippen molar-refractivity contribution >= 4 is 5.96 Å². The molecule has 1 aromatic heterocycles. The highest BCUT2D eigenvalue weighted by molar-refractivity contribution is 5.79. The summed E-state index contributed by atoms with van der Waals surface area (Å²) in [6.07, 6.45) is 1.67. The van der Waals surface area contributed by atoms with Crippen LogP contribution in [0.15, 0.2) is 33.8 Å². The molecule has 6 nitrogen and oxygen atoms in total. The number of aryl methyl sites for hydroxylation is 2. The summed E-state index contributed by atoms with van der Waals surface area (Å²) in [5.41, 5.74) is 2.50. The van der Waals surface area contributed by atoms with E-state index in [2.05, 4.69) is 70.8 Å². The standard InChI is InChI=1S/C18H27N5O/c1-13(2)17-22-16(24-23-17)6-5-11-20-18(19-4)21-12-15-9-7-14(3)8-10-15/h7-10,13H,5-6,11-12H2,1-4H3,(H2,19,20,21). The molecule has 0 aliphatic rings. The first kappa shape index (κ1) is 18.0. The minimum atomic E-state index is 0.297. The average Bonchev–Trinajstić information content (AvgIpc) is 3.05. The van der Waals surface area contributed by atoms with E-state index >= 15 is 0 Å². The van der Waals surface area contributed by atoms with Crippen molar-refractivity contribution < 1.29 is 4.52 Å². The summed E-state index contributed by atoms with van der Waals surface area (Å²) in [6, 6.07) is 8.47. The quantitative estimate of drug-likeness (QED) is 0.464. The minimum absolute atomic E-state index is 0.297. The topological polar surface area (TPSA) is 75.3 Å². The number of nitrogens with one attached hydrogen (secondary N) is 2. The molecule has 0 unspecified atom stereocenters. The monoisotopic (exact) mass is 329 g/mol. The molecule has 24 heavy (non-hydrogen) atoms. The van der Waals surface area contributed by atoms with E-state index in [1.807, 2.05) is 0 Å². The highest BCUT2D eigenvalue weighted by Gasteiger charge is 2.09. The summed E-state index contributed by atoms with van der Waals surface area (Å²) >= 11 is 0. The van der Waals surface area contributed by atoms with Gasteiger partial charge in [0.15, 0.2) is 11.8 Å². The number of guanidine groups is 1. The predicted octanol–water partition coefficient (Wildman–Crippen LogP) is 2.80. The Balaban J connectivity index is 1.68. The normalized spacial score (nSPS) is 11.8. The molecular formula is C18H27N5O. The molecule has 0 spiro atoms. The van der Waals surface area contributed by atoms with E-state index in [-0.39, 0.29) is 0 Å². The van der Waals surface area contributed by atoms with E-state index in [0.717, 1.165) is 37.7 Å². The third-order valence-electron chi connectivity index (χ3n) is 3.66.